The molecule has 0 unspecified atom stereocenters. The zero-order valence-electron chi connectivity index (χ0n) is 10.5. The van der Waals surface area contributed by atoms with Gasteiger partial charge in [0, 0.05) is 20.2 Å². The van der Waals surface area contributed by atoms with Crippen molar-refractivity contribution in [1.29, 1.82) is 0 Å². The topological polar surface area (TPSA) is 21.3 Å². The third kappa shape index (κ3) is 5.61. The van der Waals surface area contributed by atoms with Crippen LogP contribution in [0.5, 0.6) is 0 Å². The molecule has 0 aliphatic heterocycles. The fourth-order valence-electron chi connectivity index (χ4n) is 1.53. The molecule has 0 aliphatic rings. The van der Waals surface area contributed by atoms with E-state index in [2.05, 4.69) is 12.2 Å². The molecular weight excluding hydrogens is 217 g/mol. The van der Waals surface area contributed by atoms with Crippen LogP contribution in [-0.4, -0.2) is 26.8 Å². The third-order valence-corrected chi connectivity index (χ3v) is 2.51. The van der Waals surface area contributed by atoms with E-state index in [-0.39, 0.29) is 5.82 Å². The summed E-state index contributed by atoms with van der Waals surface area (Å²) in [5.41, 5.74) is 2.17. The average Bonchev–Trinajstić information content (AvgIpc) is 2.33. The molecule has 0 heterocycles. The normalized spacial score (nSPS) is 11.8. The summed E-state index contributed by atoms with van der Waals surface area (Å²) >= 11 is 0. The lowest BCUT2D eigenvalue weighted by Gasteiger charge is -2.07. The second-order valence-corrected chi connectivity index (χ2v) is 3.88. The number of halogens is 1. The Morgan fingerprint density at radius 1 is 1.47 bits per heavy atom. The number of benzene rings is 1. The van der Waals surface area contributed by atoms with Crippen LogP contribution in [0, 0.1) is 5.82 Å². The minimum atomic E-state index is -0.193. The van der Waals surface area contributed by atoms with Crippen molar-refractivity contribution in [3.05, 3.63) is 41.2 Å². The molecule has 0 aliphatic carbocycles. The van der Waals surface area contributed by atoms with Gasteiger partial charge in [-0.15, -0.1) is 0 Å². The maximum absolute atomic E-state index is 13.0. The van der Waals surface area contributed by atoms with Gasteiger partial charge in [0.15, 0.2) is 0 Å². The van der Waals surface area contributed by atoms with E-state index in [1.807, 2.05) is 12.1 Å². The Labute approximate surface area is 102 Å². The molecule has 0 spiro atoms. The van der Waals surface area contributed by atoms with Crippen molar-refractivity contribution in [2.75, 3.05) is 26.8 Å². The van der Waals surface area contributed by atoms with Crippen LogP contribution in [0.2, 0.25) is 0 Å². The average molecular weight is 237 g/mol. The largest absolute Gasteiger partial charge is 0.383 e. The van der Waals surface area contributed by atoms with E-state index in [1.165, 1.54) is 11.6 Å². The maximum atomic E-state index is 13.0. The molecule has 1 N–H and O–H groups in total. The highest BCUT2D eigenvalue weighted by atomic mass is 19.1. The molecule has 0 aromatic heterocycles. The molecule has 0 fully saturated rings. The Bertz CT molecular complexity index is 363. The van der Waals surface area contributed by atoms with Gasteiger partial charge >= 0.3 is 0 Å². The van der Waals surface area contributed by atoms with Gasteiger partial charge in [0.1, 0.15) is 5.82 Å². The number of hydrogen-bond acceptors (Lipinski definition) is 2. The van der Waals surface area contributed by atoms with E-state index in [0.717, 1.165) is 25.1 Å². The minimum absolute atomic E-state index is 0.193. The molecule has 17 heavy (non-hydrogen) atoms. The second-order valence-electron chi connectivity index (χ2n) is 3.88. The lowest BCUT2D eigenvalue weighted by Crippen LogP contribution is -2.21. The zero-order valence-corrected chi connectivity index (χ0v) is 10.5. The van der Waals surface area contributed by atoms with Crippen LogP contribution < -0.4 is 5.32 Å². The number of methoxy groups -OCH3 is 1. The van der Waals surface area contributed by atoms with E-state index in [0.29, 0.717) is 6.61 Å². The first-order valence-corrected chi connectivity index (χ1v) is 5.91. The monoisotopic (exact) mass is 237 g/mol. The van der Waals surface area contributed by atoms with Crippen molar-refractivity contribution >= 4 is 6.08 Å². The first-order valence-electron chi connectivity index (χ1n) is 5.91. The quantitative estimate of drug-likeness (QED) is 0.736. The summed E-state index contributed by atoms with van der Waals surface area (Å²) in [5.74, 6) is -0.193. The van der Waals surface area contributed by atoms with Gasteiger partial charge < -0.3 is 10.1 Å². The summed E-state index contributed by atoms with van der Waals surface area (Å²) in [4.78, 5) is 0. The van der Waals surface area contributed by atoms with Gasteiger partial charge in [-0.25, -0.2) is 4.39 Å². The van der Waals surface area contributed by atoms with Crippen molar-refractivity contribution < 1.29 is 9.13 Å². The maximum Gasteiger partial charge on any atom is 0.123 e. The molecule has 1 aromatic rings. The lowest BCUT2D eigenvalue weighted by molar-refractivity contribution is 0.200. The van der Waals surface area contributed by atoms with Crippen LogP contribution in [0.15, 0.2) is 29.8 Å². The van der Waals surface area contributed by atoms with Gasteiger partial charge in [-0.1, -0.05) is 30.7 Å². The molecule has 1 rings (SSSR count). The Balaban J connectivity index is 2.54. The number of ether oxygens (including phenoxy) is 1. The lowest BCUT2D eigenvalue weighted by atomic mass is 10.1. The Hall–Kier alpha value is -1.19. The summed E-state index contributed by atoms with van der Waals surface area (Å²) < 4.78 is 18.0. The first-order chi connectivity index (χ1) is 8.26. The van der Waals surface area contributed by atoms with Gasteiger partial charge in [-0.2, -0.15) is 0 Å². The van der Waals surface area contributed by atoms with Crippen molar-refractivity contribution in [2.24, 2.45) is 0 Å². The van der Waals surface area contributed by atoms with Crippen LogP contribution in [0.4, 0.5) is 4.39 Å². The molecule has 94 valence electrons. The van der Waals surface area contributed by atoms with Crippen molar-refractivity contribution in [1.82, 2.24) is 5.32 Å². The van der Waals surface area contributed by atoms with Gasteiger partial charge in [0.25, 0.3) is 0 Å². The molecule has 0 radical (unpaired) electrons. The van der Waals surface area contributed by atoms with Crippen LogP contribution in [-0.2, 0) is 4.74 Å². The molecule has 2 nitrogen and oxygen atoms in total. The van der Waals surface area contributed by atoms with Gasteiger partial charge in [0.05, 0.1) is 6.61 Å². The molecular formula is C14H20FNO. The zero-order chi connectivity index (χ0) is 12.5. The van der Waals surface area contributed by atoms with Crippen LogP contribution in [0.3, 0.4) is 0 Å². The van der Waals surface area contributed by atoms with Crippen molar-refractivity contribution in [2.45, 2.75) is 13.3 Å². The standard InChI is InChI=1S/C14H20FNO/c1-3-12(11-16-7-8-17-2)9-13-5-4-6-14(15)10-13/h4-6,9-10,16H,3,7-8,11H2,1-2H3. The molecule has 3 heteroatoms. The summed E-state index contributed by atoms with van der Waals surface area (Å²) in [5, 5.41) is 3.29. The molecule has 0 saturated carbocycles. The summed E-state index contributed by atoms with van der Waals surface area (Å²) in [6, 6.07) is 6.64. The van der Waals surface area contributed by atoms with E-state index >= 15 is 0 Å². The molecule has 0 amide bonds. The first kappa shape index (κ1) is 13.9. The Morgan fingerprint density at radius 3 is 2.94 bits per heavy atom. The molecule has 0 saturated heterocycles. The van der Waals surface area contributed by atoms with Crippen LogP contribution >= 0.6 is 0 Å². The van der Waals surface area contributed by atoms with Crippen LogP contribution in [0.1, 0.15) is 18.9 Å². The van der Waals surface area contributed by atoms with E-state index in [9.17, 15) is 4.39 Å². The predicted molar refractivity (Wildman–Crippen MR) is 69.4 cm³/mol. The van der Waals surface area contributed by atoms with E-state index in [1.54, 1.807) is 19.2 Å². The SMILES string of the molecule is CCC(=Cc1cccc(F)c1)CNCCOC. The van der Waals surface area contributed by atoms with E-state index in [4.69, 9.17) is 4.74 Å². The van der Waals surface area contributed by atoms with Gasteiger partial charge in [-0.3, -0.25) is 0 Å². The van der Waals surface area contributed by atoms with Crippen molar-refractivity contribution in [3.8, 4) is 0 Å². The summed E-state index contributed by atoms with van der Waals surface area (Å²) in [6.07, 6.45) is 2.99. The number of hydrogen-bond donors (Lipinski definition) is 1. The highest BCUT2D eigenvalue weighted by Gasteiger charge is 1.97. The molecule has 1 aromatic carbocycles. The Kier molecular flexibility index (Phi) is 6.51. The molecule has 0 atom stereocenters. The van der Waals surface area contributed by atoms with Gasteiger partial charge in [0.2, 0.25) is 0 Å². The molecule has 0 bridgehead atoms. The highest BCUT2D eigenvalue weighted by molar-refractivity contribution is 5.53. The summed E-state index contributed by atoms with van der Waals surface area (Å²) in [6.45, 7) is 4.45. The van der Waals surface area contributed by atoms with Crippen molar-refractivity contribution in [3.63, 3.8) is 0 Å². The fourth-order valence-corrected chi connectivity index (χ4v) is 1.53. The van der Waals surface area contributed by atoms with Crippen LogP contribution in [0.25, 0.3) is 6.08 Å². The highest BCUT2D eigenvalue weighted by Crippen LogP contribution is 2.10. The van der Waals surface area contributed by atoms with E-state index < -0.39 is 0 Å². The predicted octanol–water partition coefficient (Wildman–Crippen LogP) is 2.86. The summed E-state index contributed by atoms with van der Waals surface area (Å²) in [7, 11) is 1.69. The number of rotatable bonds is 7. The minimum Gasteiger partial charge on any atom is -0.383 e. The third-order valence-electron chi connectivity index (χ3n) is 2.51. The smallest absolute Gasteiger partial charge is 0.123 e. The Morgan fingerprint density at radius 2 is 2.29 bits per heavy atom. The van der Waals surface area contributed by atoms with Gasteiger partial charge in [-0.05, 0) is 24.1 Å². The fraction of sp³-hybridized carbons (Fsp3) is 0.429. The number of nitrogens with one attached hydrogen (secondary N) is 1. The second kappa shape index (κ2) is 7.98.